The Morgan fingerprint density at radius 3 is 2.13 bits per heavy atom. The van der Waals surface area contributed by atoms with Crippen molar-refractivity contribution in [3.8, 4) is 0 Å². The first-order chi connectivity index (χ1) is 14.9. The lowest BCUT2D eigenvalue weighted by Gasteiger charge is -2.19. The van der Waals surface area contributed by atoms with Crippen molar-refractivity contribution in [2.75, 3.05) is 6.54 Å². The van der Waals surface area contributed by atoms with E-state index in [1.54, 1.807) is 30.3 Å². The van der Waals surface area contributed by atoms with Crippen LogP contribution in [0.3, 0.4) is 0 Å². The first kappa shape index (κ1) is 23.8. The fourth-order valence-corrected chi connectivity index (χ4v) is 2.90. The molecule has 5 N–H and O–H groups in total. The van der Waals surface area contributed by atoms with Crippen LogP contribution in [0.25, 0.3) is 0 Å². The number of hydrogen-bond donors (Lipinski definition) is 4. The van der Waals surface area contributed by atoms with Gasteiger partial charge in [0.25, 0.3) is 5.91 Å². The number of Topliss-reactive ketones (excluding diaryl/α,β-unsaturated/α-hetero) is 1. The molecule has 0 bridgehead atoms. The van der Waals surface area contributed by atoms with Crippen molar-refractivity contribution in [1.29, 1.82) is 0 Å². The first-order valence-electron chi connectivity index (χ1n) is 10.2. The number of hydrogen-bond acceptors (Lipinski definition) is 5. The Kier molecular flexibility index (Phi) is 9.38. The van der Waals surface area contributed by atoms with E-state index in [2.05, 4.69) is 16.0 Å². The Morgan fingerprint density at radius 2 is 1.52 bits per heavy atom. The molecule has 8 nitrogen and oxygen atoms in total. The standard InChI is InChI=1S/C23H28N4O4/c1-2-9-18(24)21(29)23(31)26-15-19(28)27-20(17-12-7-4-8-13-17)22(30)25-14-16-10-5-3-6-11-16/h3-8,10-13,18,20H,2,9,14-15,24H2,1H3,(H,25,30)(H,26,31)(H,27,28). The maximum atomic E-state index is 12.8. The van der Waals surface area contributed by atoms with Crippen molar-refractivity contribution in [3.05, 3.63) is 71.8 Å². The third-order valence-corrected chi connectivity index (χ3v) is 4.58. The van der Waals surface area contributed by atoms with Crippen molar-refractivity contribution < 1.29 is 19.2 Å². The van der Waals surface area contributed by atoms with E-state index in [1.807, 2.05) is 37.3 Å². The molecule has 0 saturated heterocycles. The van der Waals surface area contributed by atoms with Gasteiger partial charge in [-0.3, -0.25) is 19.2 Å². The van der Waals surface area contributed by atoms with Gasteiger partial charge in [0.2, 0.25) is 17.6 Å². The van der Waals surface area contributed by atoms with E-state index in [0.717, 1.165) is 5.56 Å². The lowest BCUT2D eigenvalue weighted by Crippen LogP contribution is -2.47. The van der Waals surface area contributed by atoms with Crippen LogP contribution in [0.1, 0.15) is 36.9 Å². The van der Waals surface area contributed by atoms with Gasteiger partial charge in [0.15, 0.2) is 0 Å². The predicted molar refractivity (Wildman–Crippen MR) is 117 cm³/mol. The van der Waals surface area contributed by atoms with Crippen molar-refractivity contribution in [1.82, 2.24) is 16.0 Å². The molecular formula is C23H28N4O4. The minimum Gasteiger partial charge on any atom is -0.350 e. The minimum absolute atomic E-state index is 0.305. The lowest BCUT2D eigenvalue weighted by molar-refractivity contribution is -0.139. The molecule has 2 rings (SSSR count). The van der Waals surface area contributed by atoms with Gasteiger partial charge in [0.1, 0.15) is 6.04 Å². The molecule has 0 aliphatic heterocycles. The summed E-state index contributed by atoms with van der Waals surface area (Å²) in [6, 6.07) is 16.3. The van der Waals surface area contributed by atoms with E-state index in [1.165, 1.54) is 0 Å². The van der Waals surface area contributed by atoms with E-state index in [9.17, 15) is 19.2 Å². The number of benzene rings is 2. The van der Waals surface area contributed by atoms with Crippen LogP contribution in [0.5, 0.6) is 0 Å². The minimum atomic E-state index is -0.952. The molecule has 2 aromatic rings. The first-order valence-corrected chi connectivity index (χ1v) is 10.2. The zero-order chi connectivity index (χ0) is 22.6. The summed E-state index contributed by atoms with van der Waals surface area (Å²) >= 11 is 0. The van der Waals surface area contributed by atoms with Crippen LogP contribution in [-0.4, -0.2) is 36.1 Å². The van der Waals surface area contributed by atoms with Crippen molar-refractivity contribution in [2.45, 2.75) is 38.4 Å². The molecule has 0 aliphatic carbocycles. The Hall–Kier alpha value is -3.52. The molecule has 0 spiro atoms. The molecule has 8 heteroatoms. The Balaban J connectivity index is 1.97. The van der Waals surface area contributed by atoms with Gasteiger partial charge in [-0.05, 0) is 17.5 Å². The Morgan fingerprint density at radius 1 is 0.903 bits per heavy atom. The van der Waals surface area contributed by atoms with Gasteiger partial charge in [0.05, 0.1) is 12.6 Å². The fraction of sp³-hybridized carbons (Fsp3) is 0.304. The maximum Gasteiger partial charge on any atom is 0.289 e. The summed E-state index contributed by atoms with van der Waals surface area (Å²) < 4.78 is 0. The zero-order valence-corrected chi connectivity index (χ0v) is 17.5. The van der Waals surface area contributed by atoms with Gasteiger partial charge in [-0.15, -0.1) is 0 Å². The maximum absolute atomic E-state index is 12.8. The number of carbonyl (C=O) groups is 4. The normalized spacial score (nSPS) is 12.3. The SMILES string of the molecule is CCCC(N)C(=O)C(=O)NCC(=O)NC(C(=O)NCc1ccccc1)c1ccccc1. The second kappa shape index (κ2) is 12.2. The van der Waals surface area contributed by atoms with Crippen molar-refractivity contribution in [2.24, 2.45) is 5.73 Å². The molecule has 3 amide bonds. The van der Waals surface area contributed by atoms with Crippen LogP contribution in [-0.2, 0) is 25.7 Å². The monoisotopic (exact) mass is 424 g/mol. The molecule has 0 fully saturated rings. The highest BCUT2D eigenvalue weighted by molar-refractivity contribution is 6.38. The molecule has 31 heavy (non-hydrogen) atoms. The number of nitrogens with one attached hydrogen (secondary N) is 3. The summed E-state index contributed by atoms with van der Waals surface area (Å²) in [4.78, 5) is 49.0. The van der Waals surface area contributed by atoms with E-state index in [4.69, 9.17) is 5.73 Å². The molecule has 2 unspecified atom stereocenters. The molecule has 2 aromatic carbocycles. The van der Waals surface area contributed by atoms with E-state index < -0.39 is 42.1 Å². The summed E-state index contributed by atoms with van der Waals surface area (Å²) in [5.41, 5.74) is 7.16. The predicted octanol–water partition coefficient (Wildman–Crippen LogP) is 0.973. The van der Waals surface area contributed by atoms with Crippen LogP contribution < -0.4 is 21.7 Å². The number of ketones is 1. The number of nitrogens with two attached hydrogens (primary N) is 1. The Bertz CT molecular complexity index is 887. The van der Waals surface area contributed by atoms with Gasteiger partial charge in [-0.25, -0.2) is 0 Å². The van der Waals surface area contributed by atoms with Crippen LogP contribution >= 0.6 is 0 Å². The molecule has 0 aliphatic rings. The number of rotatable bonds is 11. The molecule has 2 atom stereocenters. The quantitative estimate of drug-likeness (QED) is 0.399. The van der Waals surface area contributed by atoms with Gasteiger partial charge in [0, 0.05) is 6.54 Å². The topological polar surface area (TPSA) is 130 Å². The van der Waals surface area contributed by atoms with Crippen LogP contribution in [0, 0.1) is 0 Å². The summed E-state index contributed by atoms with van der Waals surface area (Å²) in [5.74, 6) is -2.68. The number of carbonyl (C=O) groups excluding carboxylic acids is 4. The third-order valence-electron chi connectivity index (χ3n) is 4.58. The molecule has 0 aromatic heterocycles. The molecule has 0 saturated carbocycles. The van der Waals surface area contributed by atoms with Gasteiger partial charge in [-0.2, -0.15) is 0 Å². The molecule has 164 valence electrons. The van der Waals surface area contributed by atoms with Gasteiger partial charge >= 0.3 is 0 Å². The summed E-state index contributed by atoms with van der Waals surface area (Å²) in [7, 11) is 0. The highest BCUT2D eigenvalue weighted by Gasteiger charge is 2.24. The molecular weight excluding hydrogens is 396 g/mol. The van der Waals surface area contributed by atoms with Gasteiger partial charge < -0.3 is 21.7 Å². The highest BCUT2D eigenvalue weighted by atomic mass is 16.2. The summed E-state index contributed by atoms with van der Waals surface area (Å²) in [6.45, 7) is 1.71. The molecule has 0 heterocycles. The Labute approximate surface area is 181 Å². The van der Waals surface area contributed by atoms with Gasteiger partial charge in [-0.1, -0.05) is 74.0 Å². The average molecular weight is 425 g/mol. The smallest absolute Gasteiger partial charge is 0.289 e. The average Bonchev–Trinajstić information content (AvgIpc) is 2.80. The van der Waals surface area contributed by atoms with E-state index in [-0.39, 0.29) is 0 Å². The van der Waals surface area contributed by atoms with E-state index >= 15 is 0 Å². The second-order valence-electron chi connectivity index (χ2n) is 7.06. The van der Waals surface area contributed by atoms with E-state index in [0.29, 0.717) is 24.9 Å². The van der Waals surface area contributed by atoms with Crippen LogP contribution in [0.15, 0.2) is 60.7 Å². The zero-order valence-electron chi connectivity index (χ0n) is 17.5. The second-order valence-corrected chi connectivity index (χ2v) is 7.06. The third kappa shape index (κ3) is 7.67. The summed E-state index contributed by atoms with van der Waals surface area (Å²) in [5, 5.41) is 7.68. The lowest BCUT2D eigenvalue weighted by atomic mass is 10.1. The summed E-state index contributed by atoms with van der Waals surface area (Å²) in [6.07, 6.45) is 1.05. The van der Waals surface area contributed by atoms with Crippen LogP contribution in [0.2, 0.25) is 0 Å². The highest BCUT2D eigenvalue weighted by Crippen LogP contribution is 2.13. The van der Waals surface area contributed by atoms with Crippen LogP contribution in [0.4, 0.5) is 0 Å². The van der Waals surface area contributed by atoms with Crippen molar-refractivity contribution in [3.63, 3.8) is 0 Å². The molecule has 0 radical (unpaired) electrons. The largest absolute Gasteiger partial charge is 0.350 e. The number of amides is 3. The fourth-order valence-electron chi connectivity index (χ4n) is 2.90. The van der Waals surface area contributed by atoms with Crippen molar-refractivity contribution >= 4 is 23.5 Å².